The molecule has 20 heavy (non-hydrogen) atoms. The fourth-order valence-corrected chi connectivity index (χ4v) is 3.49. The third-order valence-corrected chi connectivity index (χ3v) is 4.72. The number of amides is 1. The van der Waals surface area contributed by atoms with E-state index in [9.17, 15) is 4.79 Å². The van der Waals surface area contributed by atoms with Crippen molar-refractivity contribution < 1.29 is 4.79 Å². The van der Waals surface area contributed by atoms with Crippen LogP contribution in [-0.2, 0) is 6.42 Å². The van der Waals surface area contributed by atoms with Gasteiger partial charge in [-0.15, -0.1) is 0 Å². The minimum absolute atomic E-state index is 0.199. The molecule has 1 amide bonds. The summed E-state index contributed by atoms with van der Waals surface area (Å²) in [6.07, 6.45) is 3.37. The molecule has 2 aromatic rings. The SMILES string of the molecule is O=C(c1ccsc1)N1CCC(Cc2ccccc2)CC1. The van der Waals surface area contributed by atoms with Crippen LogP contribution in [0, 0.1) is 5.92 Å². The summed E-state index contributed by atoms with van der Waals surface area (Å²) in [6.45, 7) is 1.79. The van der Waals surface area contributed by atoms with E-state index in [2.05, 4.69) is 30.3 Å². The predicted octanol–water partition coefficient (Wildman–Crippen LogP) is 3.84. The van der Waals surface area contributed by atoms with E-state index < -0.39 is 0 Å². The summed E-state index contributed by atoms with van der Waals surface area (Å²) in [5.41, 5.74) is 2.26. The fourth-order valence-electron chi connectivity index (χ4n) is 2.86. The molecule has 0 radical (unpaired) electrons. The number of piperidine rings is 1. The van der Waals surface area contributed by atoms with Crippen molar-refractivity contribution in [2.24, 2.45) is 5.92 Å². The van der Waals surface area contributed by atoms with E-state index in [4.69, 9.17) is 0 Å². The second kappa shape index (κ2) is 6.23. The molecule has 1 fully saturated rings. The van der Waals surface area contributed by atoms with Gasteiger partial charge in [-0.2, -0.15) is 11.3 Å². The lowest BCUT2D eigenvalue weighted by atomic mass is 9.90. The molecule has 2 nitrogen and oxygen atoms in total. The maximum Gasteiger partial charge on any atom is 0.254 e. The van der Waals surface area contributed by atoms with Crippen molar-refractivity contribution in [1.82, 2.24) is 4.90 Å². The average molecular weight is 285 g/mol. The Hall–Kier alpha value is -1.61. The van der Waals surface area contributed by atoms with Crippen molar-refractivity contribution in [2.75, 3.05) is 13.1 Å². The number of rotatable bonds is 3. The van der Waals surface area contributed by atoms with Crippen LogP contribution in [0.15, 0.2) is 47.2 Å². The predicted molar refractivity (Wildman–Crippen MR) is 83.1 cm³/mol. The molecule has 104 valence electrons. The highest BCUT2D eigenvalue weighted by Crippen LogP contribution is 2.23. The summed E-state index contributed by atoms with van der Waals surface area (Å²) in [5, 5.41) is 3.91. The molecule has 0 spiro atoms. The number of likely N-dealkylation sites (tertiary alicyclic amines) is 1. The molecule has 2 heterocycles. The van der Waals surface area contributed by atoms with Crippen molar-refractivity contribution in [1.29, 1.82) is 0 Å². The lowest BCUT2D eigenvalue weighted by Crippen LogP contribution is -2.38. The summed E-state index contributed by atoms with van der Waals surface area (Å²) >= 11 is 1.59. The van der Waals surface area contributed by atoms with Gasteiger partial charge in [-0.3, -0.25) is 4.79 Å². The van der Waals surface area contributed by atoms with E-state index in [1.165, 1.54) is 5.56 Å². The Balaban J connectivity index is 1.53. The highest BCUT2D eigenvalue weighted by Gasteiger charge is 2.23. The van der Waals surface area contributed by atoms with E-state index in [1.807, 2.05) is 21.7 Å². The smallest absolute Gasteiger partial charge is 0.254 e. The zero-order chi connectivity index (χ0) is 13.8. The maximum absolute atomic E-state index is 12.3. The number of nitrogens with zero attached hydrogens (tertiary/aromatic N) is 1. The Morgan fingerprint density at radius 1 is 1.15 bits per heavy atom. The first-order chi connectivity index (χ1) is 9.83. The van der Waals surface area contributed by atoms with Gasteiger partial charge in [-0.25, -0.2) is 0 Å². The van der Waals surface area contributed by atoms with Crippen molar-refractivity contribution in [3.8, 4) is 0 Å². The molecule has 0 N–H and O–H groups in total. The molecule has 1 aromatic carbocycles. The van der Waals surface area contributed by atoms with Gasteiger partial charge in [0.1, 0.15) is 0 Å². The minimum Gasteiger partial charge on any atom is -0.339 e. The molecule has 1 aromatic heterocycles. The molecule has 0 aliphatic carbocycles. The van der Waals surface area contributed by atoms with Crippen LogP contribution in [0.1, 0.15) is 28.8 Å². The molecule has 0 bridgehead atoms. The van der Waals surface area contributed by atoms with E-state index >= 15 is 0 Å². The van der Waals surface area contributed by atoms with Crippen molar-refractivity contribution in [2.45, 2.75) is 19.3 Å². The zero-order valence-electron chi connectivity index (χ0n) is 11.5. The van der Waals surface area contributed by atoms with Crippen molar-refractivity contribution in [3.63, 3.8) is 0 Å². The number of benzene rings is 1. The van der Waals surface area contributed by atoms with E-state index in [-0.39, 0.29) is 5.91 Å². The molecular formula is C17H19NOS. The molecular weight excluding hydrogens is 266 g/mol. The Bertz CT molecular complexity index is 542. The Labute approximate surface area is 124 Å². The average Bonchev–Trinajstić information content (AvgIpc) is 3.03. The van der Waals surface area contributed by atoms with E-state index in [1.54, 1.807) is 11.3 Å². The van der Waals surface area contributed by atoms with Gasteiger partial charge in [0.25, 0.3) is 5.91 Å². The lowest BCUT2D eigenvalue weighted by molar-refractivity contribution is 0.0691. The molecule has 1 aliphatic heterocycles. The third kappa shape index (κ3) is 3.10. The highest BCUT2D eigenvalue weighted by atomic mass is 32.1. The Kier molecular flexibility index (Phi) is 4.16. The highest BCUT2D eigenvalue weighted by molar-refractivity contribution is 7.08. The standard InChI is InChI=1S/C17H19NOS/c19-17(16-8-11-20-13-16)18-9-6-15(7-10-18)12-14-4-2-1-3-5-14/h1-5,8,11,13,15H,6-7,9-10,12H2. The number of carbonyl (C=O) groups is 1. The van der Waals surface area contributed by atoms with Gasteiger partial charge in [0.15, 0.2) is 0 Å². The summed E-state index contributed by atoms with van der Waals surface area (Å²) in [4.78, 5) is 14.3. The first-order valence-electron chi connectivity index (χ1n) is 7.18. The Morgan fingerprint density at radius 2 is 1.90 bits per heavy atom. The van der Waals surface area contributed by atoms with Crippen LogP contribution in [0.25, 0.3) is 0 Å². The van der Waals surface area contributed by atoms with Gasteiger partial charge >= 0.3 is 0 Å². The molecule has 0 atom stereocenters. The summed E-state index contributed by atoms with van der Waals surface area (Å²) in [5.74, 6) is 0.910. The van der Waals surface area contributed by atoms with Gasteiger partial charge in [-0.05, 0) is 42.2 Å². The molecule has 0 saturated carbocycles. The fraction of sp³-hybridized carbons (Fsp3) is 0.353. The first-order valence-corrected chi connectivity index (χ1v) is 8.12. The maximum atomic E-state index is 12.3. The van der Waals surface area contributed by atoms with Gasteiger partial charge in [0, 0.05) is 18.5 Å². The van der Waals surface area contributed by atoms with Crippen LogP contribution < -0.4 is 0 Å². The number of hydrogen-bond acceptors (Lipinski definition) is 2. The number of hydrogen-bond donors (Lipinski definition) is 0. The van der Waals surface area contributed by atoms with E-state index in [0.717, 1.165) is 37.9 Å². The van der Waals surface area contributed by atoms with Crippen LogP contribution in [0.4, 0.5) is 0 Å². The second-order valence-corrected chi connectivity index (χ2v) is 6.22. The molecule has 3 heteroatoms. The Morgan fingerprint density at radius 3 is 2.55 bits per heavy atom. The molecule has 0 unspecified atom stereocenters. The van der Waals surface area contributed by atoms with Gasteiger partial charge in [0.05, 0.1) is 5.56 Å². The molecule has 1 aliphatic rings. The van der Waals surface area contributed by atoms with Gasteiger partial charge < -0.3 is 4.90 Å². The molecule has 3 rings (SSSR count). The van der Waals surface area contributed by atoms with Crippen LogP contribution in [0.5, 0.6) is 0 Å². The quantitative estimate of drug-likeness (QED) is 0.839. The summed E-state index contributed by atoms with van der Waals surface area (Å²) in [6, 6.07) is 12.6. The van der Waals surface area contributed by atoms with Crippen molar-refractivity contribution in [3.05, 3.63) is 58.3 Å². The first kappa shape index (κ1) is 13.4. The monoisotopic (exact) mass is 285 g/mol. The lowest BCUT2D eigenvalue weighted by Gasteiger charge is -2.32. The topological polar surface area (TPSA) is 20.3 Å². The minimum atomic E-state index is 0.199. The van der Waals surface area contributed by atoms with Gasteiger partial charge in [-0.1, -0.05) is 30.3 Å². The zero-order valence-corrected chi connectivity index (χ0v) is 12.3. The molecule has 1 saturated heterocycles. The summed E-state index contributed by atoms with van der Waals surface area (Å²) < 4.78 is 0. The normalized spacial score (nSPS) is 16.3. The van der Waals surface area contributed by atoms with E-state index in [0.29, 0.717) is 5.92 Å². The van der Waals surface area contributed by atoms with Crippen LogP contribution >= 0.6 is 11.3 Å². The number of carbonyl (C=O) groups excluding carboxylic acids is 1. The third-order valence-electron chi connectivity index (χ3n) is 4.04. The van der Waals surface area contributed by atoms with Crippen LogP contribution in [-0.4, -0.2) is 23.9 Å². The summed E-state index contributed by atoms with van der Waals surface area (Å²) in [7, 11) is 0. The van der Waals surface area contributed by atoms with Crippen LogP contribution in [0.2, 0.25) is 0 Å². The van der Waals surface area contributed by atoms with Gasteiger partial charge in [0.2, 0.25) is 0 Å². The van der Waals surface area contributed by atoms with Crippen molar-refractivity contribution >= 4 is 17.2 Å². The number of thiophene rings is 1. The second-order valence-electron chi connectivity index (χ2n) is 5.44. The van der Waals surface area contributed by atoms with Crippen LogP contribution in [0.3, 0.4) is 0 Å². The largest absolute Gasteiger partial charge is 0.339 e.